The van der Waals surface area contributed by atoms with Crippen LogP contribution in [0.25, 0.3) is 0 Å². The third-order valence-electron chi connectivity index (χ3n) is 3.87. The highest BCUT2D eigenvalue weighted by Gasteiger charge is 2.30. The summed E-state index contributed by atoms with van der Waals surface area (Å²) in [5.74, 6) is 0.408. The van der Waals surface area contributed by atoms with Crippen LogP contribution in [0.15, 0.2) is 12.3 Å². The van der Waals surface area contributed by atoms with Crippen molar-refractivity contribution in [1.82, 2.24) is 9.88 Å². The Labute approximate surface area is 112 Å². The van der Waals surface area contributed by atoms with E-state index in [1.54, 1.807) is 12.3 Å². The zero-order valence-corrected chi connectivity index (χ0v) is 11.4. The largest absolute Gasteiger partial charge is 0.356 e. The van der Waals surface area contributed by atoms with E-state index < -0.39 is 0 Å². The molecule has 1 aromatic rings. The summed E-state index contributed by atoms with van der Waals surface area (Å²) in [5.41, 5.74) is 6.35. The van der Waals surface area contributed by atoms with Crippen molar-refractivity contribution in [2.45, 2.75) is 31.7 Å². The number of nitrogens with one attached hydrogen (secondary N) is 1. The molecule has 1 fully saturated rings. The van der Waals surface area contributed by atoms with Crippen LogP contribution in [0.5, 0.6) is 0 Å². The van der Waals surface area contributed by atoms with E-state index in [-0.39, 0.29) is 11.9 Å². The predicted octanol–water partition coefficient (Wildman–Crippen LogP) is 2.26. The van der Waals surface area contributed by atoms with Gasteiger partial charge in [0.25, 0.3) is 5.91 Å². The third-order valence-corrected chi connectivity index (χ3v) is 4.09. The first-order valence-corrected chi connectivity index (χ1v) is 6.82. The molecule has 2 atom stereocenters. The number of nitrogens with zero attached hydrogens (tertiary/aromatic N) is 1. The molecule has 1 aromatic heterocycles. The van der Waals surface area contributed by atoms with Gasteiger partial charge in [0.05, 0.1) is 5.02 Å². The lowest BCUT2D eigenvalue weighted by Gasteiger charge is -2.37. The van der Waals surface area contributed by atoms with Crippen molar-refractivity contribution in [3.63, 3.8) is 0 Å². The minimum atomic E-state index is -0.00718. The highest BCUT2D eigenvalue weighted by molar-refractivity contribution is 6.30. The molecule has 1 amide bonds. The number of halogens is 1. The van der Waals surface area contributed by atoms with Crippen molar-refractivity contribution in [3.8, 4) is 0 Å². The van der Waals surface area contributed by atoms with Crippen LogP contribution in [0.3, 0.4) is 0 Å². The summed E-state index contributed by atoms with van der Waals surface area (Å²) in [6, 6.07) is 1.92. The van der Waals surface area contributed by atoms with Gasteiger partial charge in [0.1, 0.15) is 5.69 Å². The highest BCUT2D eigenvalue weighted by atomic mass is 35.5. The Balaban J connectivity index is 2.09. The number of nitrogens with two attached hydrogens (primary N) is 1. The molecule has 1 heterocycles. The van der Waals surface area contributed by atoms with E-state index in [4.69, 9.17) is 17.3 Å². The van der Waals surface area contributed by atoms with Crippen LogP contribution >= 0.6 is 11.6 Å². The van der Waals surface area contributed by atoms with Crippen LogP contribution in [-0.2, 0) is 0 Å². The monoisotopic (exact) mass is 269 g/mol. The number of amides is 1. The van der Waals surface area contributed by atoms with Gasteiger partial charge in [-0.3, -0.25) is 4.79 Å². The molecular formula is C13H20ClN3O. The van der Waals surface area contributed by atoms with E-state index >= 15 is 0 Å². The standard InChI is InChI=1S/C13H20ClN3O/c1-17(12-5-3-2-4-9(12)7-15)13(18)11-6-10(14)8-16-11/h6,8-9,12,16H,2-5,7,15H2,1H3. The Bertz CT molecular complexity index is 418. The second-order valence-corrected chi connectivity index (χ2v) is 5.43. The number of aromatic amines is 1. The molecule has 0 spiro atoms. The number of hydrogen-bond donors (Lipinski definition) is 2. The first-order chi connectivity index (χ1) is 8.63. The van der Waals surface area contributed by atoms with Gasteiger partial charge in [0.2, 0.25) is 0 Å². The second-order valence-electron chi connectivity index (χ2n) is 5.00. The van der Waals surface area contributed by atoms with Gasteiger partial charge in [-0.1, -0.05) is 24.4 Å². The molecule has 1 saturated carbocycles. The first-order valence-electron chi connectivity index (χ1n) is 6.44. The van der Waals surface area contributed by atoms with Crippen LogP contribution in [0, 0.1) is 5.92 Å². The third kappa shape index (κ3) is 2.70. The van der Waals surface area contributed by atoms with E-state index in [0.29, 0.717) is 23.2 Å². The molecule has 100 valence electrons. The first kappa shape index (κ1) is 13.4. The summed E-state index contributed by atoms with van der Waals surface area (Å²) in [7, 11) is 1.86. The van der Waals surface area contributed by atoms with E-state index in [0.717, 1.165) is 12.8 Å². The van der Waals surface area contributed by atoms with Gasteiger partial charge in [-0.05, 0) is 31.4 Å². The Morgan fingerprint density at radius 1 is 1.56 bits per heavy atom. The zero-order chi connectivity index (χ0) is 13.1. The number of rotatable bonds is 3. The lowest BCUT2D eigenvalue weighted by Crippen LogP contribution is -2.46. The van der Waals surface area contributed by atoms with Crippen LogP contribution in [0.4, 0.5) is 0 Å². The van der Waals surface area contributed by atoms with E-state index in [2.05, 4.69) is 4.98 Å². The predicted molar refractivity (Wildman–Crippen MR) is 72.7 cm³/mol. The topological polar surface area (TPSA) is 62.1 Å². The van der Waals surface area contributed by atoms with Crippen molar-refractivity contribution in [2.75, 3.05) is 13.6 Å². The number of carbonyl (C=O) groups excluding carboxylic acids is 1. The molecule has 2 unspecified atom stereocenters. The number of carbonyl (C=O) groups is 1. The van der Waals surface area contributed by atoms with Gasteiger partial charge in [0, 0.05) is 19.3 Å². The van der Waals surface area contributed by atoms with Crippen molar-refractivity contribution in [1.29, 1.82) is 0 Å². The smallest absolute Gasteiger partial charge is 0.270 e. The zero-order valence-electron chi connectivity index (χ0n) is 10.7. The second kappa shape index (κ2) is 5.76. The quantitative estimate of drug-likeness (QED) is 0.884. The molecule has 1 aliphatic rings. The van der Waals surface area contributed by atoms with E-state index in [1.165, 1.54) is 12.8 Å². The number of H-pyrrole nitrogens is 1. The fraction of sp³-hybridized carbons (Fsp3) is 0.615. The van der Waals surface area contributed by atoms with E-state index in [1.807, 2.05) is 11.9 Å². The molecule has 4 nitrogen and oxygen atoms in total. The molecule has 2 rings (SSSR count). The van der Waals surface area contributed by atoms with Crippen molar-refractivity contribution in [3.05, 3.63) is 23.0 Å². The maximum absolute atomic E-state index is 12.3. The molecule has 5 heteroatoms. The Kier molecular flexibility index (Phi) is 4.30. The molecule has 0 saturated heterocycles. The van der Waals surface area contributed by atoms with Crippen molar-refractivity contribution < 1.29 is 4.79 Å². The van der Waals surface area contributed by atoms with Crippen LogP contribution in [-0.4, -0.2) is 35.4 Å². The van der Waals surface area contributed by atoms with Gasteiger partial charge in [-0.15, -0.1) is 0 Å². The van der Waals surface area contributed by atoms with Gasteiger partial charge >= 0.3 is 0 Å². The maximum atomic E-state index is 12.3. The maximum Gasteiger partial charge on any atom is 0.270 e. The highest BCUT2D eigenvalue weighted by Crippen LogP contribution is 2.28. The van der Waals surface area contributed by atoms with Gasteiger partial charge in [-0.2, -0.15) is 0 Å². The van der Waals surface area contributed by atoms with Crippen LogP contribution in [0.1, 0.15) is 36.2 Å². The fourth-order valence-corrected chi connectivity index (χ4v) is 2.97. The summed E-state index contributed by atoms with van der Waals surface area (Å²) in [6.07, 6.45) is 6.17. The van der Waals surface area contributed by atoms with E-state index in [9.17, 15) is 4.79 Å². The molecule has 1 aliphatic carbocycles. The van der Waals surface area contributed by atoms with Crippen LogP contribution in [0.2, 0.25) is 5.02 Å². The molecule has 3 N–H and O–H groups in total. The lowest BCUT2D eigenvalue weighted by molar-refractivity contribution is 0.0615. The fourth-order valence-electron chi connectivity index (χ4n) is 2.80. The van der Waals surface area contributed by atoms with Gasteiger partial charge < -0.3 is 15.6 Å². The Morgan fingerprint density at radius 2 is 2.28 bits per heavy atom. The molecule has 0 aromatic carbocycles. The lowest BCUT2D eigenvalue weighted by atomic mass is 9.83. The molecule has 18 heavy (non-hydrogen) atoms. The summed E-state index contributed by atoms with van der Waals surface area (Å²) >= 11 is 5.83. The molecule has 0 radical (unpaired) electrons. The number of aromatic nitrogens is 1. The molecule has 0 aliphatic heterocycles. The van der Waals surface area contributed by atoms with Crippen molar-refractivity contribution >= 4 is 17.5 Å². The Morgan fingerprint density at radius 3 is 2.89 bits per heavy atom. The Hall–Kier alpha value is -1.00. The summed E-state index contributed by atoms with van der Waals surface area (Å²) in [5, 5.41) is 0.561. The summed E-state index contributed by atoms with van der Waals surface area (Å²) in [6.45, 7) is 0.647. The van der Waals surface area contributed by atoms with Crippen molar-refractivity contribution in [2.24, 2.45) is 11.7 Å². The summed E-state index contributed by atoms with van der Waals surface area (Å²) in [4.78, 5) is 17.0. The molecule has 0 bridgehead atoms. The van der Waals surface area contributed by atoms with Crippen LogP contribution < -0.4 is 5.73 Å². The minimum Gasteiger partial charge on any atom is -0.356 e. The number of hydrogen-bond acceptors (Lipinski definition) is 2. The van der Waals surface area contributed by atoms with Gasteiger partial charge in [0.15, 0.2) is 0 Å². The normalized spacial score (nSPS) is 23.9. The average Bonchev–Trinajstić information content (AvgIpc) is 2.83. The average molecular weight is 270 g/mol. The summed E-state index contributed by atoms with van der Waals surface area (Å²) < 4.78 is 0. The van der Waals surface area contributed by atoms with Gasteiger partial charge in [-0.25, -0.2) is 0 Å². The molecular weight excluding hydrogens is 250 g/mol. The SMILES string of the molecule is CN(C(=O)c1cc(Cl)c[nH]1)C1CCCCC1CN. The minimum absolute atomic E-state index is 0.00718.